The predicted octanol–water partition coefficient (Wildman–Crippen LogP) is 3.55. The van der Waals surface area contributed by atoms with E-state index in [0.717, 1.165) is 37.1 Å². The van der Waals surface area contributed by atoms with Gasteiger partial charge in [-0.1, -0.05) is 6.07 Å². The van der Waals surface area contributed by atoms with Crippen LogP contribution in [-0.4, -0.2) is 42.5 Å². The van der Waals surface area contributed by atoms with Crippen molar-refractivity contribution in [1.82, 2.24) is 15.2 Å². The molecule has 3 rings (SSSR count). The zero-order chi connectivity index (χ0) is 17.8. The summed E-state index contributed by atoms with van der Waals surface area (Å²) < 4.78 is 27.7. The van der Waals surface area contributed by atoms with Crippen molar-refractivity contribution in [3.8, 4) is 10.6 Å². The Hall–Kier alpha value is -1.86. The van der Waals surface area contributed by atoms with Gasteiger partial charge >= 0.3 is 0 Å². The smallest absolute Gasteiger partial charge is 0.273 e. The summed E-state index contributed by atoms with van der Waals surface area (Å²) in [5, 5.41) is 4.93. The third-order valence-electron chi connectivity index (χ3n) is 4.60. The second-order valence-corrected chi connectivity index (χ2v) is 7.12. The van der Waals surface area contributed by atoms with Crippen molar-refractivity contribution in [3.63, 3.8) is 0 Å². The highest BCUT2D eigenvalue weighted by Gasteiger charge is 2.25. The minimum absolute atomic E-state index is 0.161. The highest BCUT2D eigenvalue weighted by atomic mass is 32.1. The van der Waals surface area contributed by atoms with Crippen LogP contribution in [0.25, 0.3) is 10.6 Å². The summed E-state index contributed by atoms with van der Waals surface area (Å²) in [5.41, 5.74) is 0.0913. The number of amides is 1. The Balaban J connectivity index is 1.68. The number of halogens is 2. The SMILES string of the molecule is CNCCC1CCN(C(=O)c2csc(-c3c(F)cccc3F)n2)CC1. The molecule has 0 bridgehead atoms. The van der Waals surface area contributed by atoms with Crippen LogP contribution in [-0.2, 0) is 0 Å². The van der Waals surface area contributed by atoms with Gasteiger partial charge in [-0.25, -0.2) is 13.8 Å². The van der Waals surface area contributed by atoms with E-state index >= 15 is 0 Å². The van der Waals surface area contributed by atoms with Gasteiger partial charge in [-0.3, -0.25) is 4.79 Å². The average Bonchev–Trinajstić information content (AvgIpc) is 3.09. The standard InChI is InChI=1S/C18H21F2N3OS/c1-21-8-5-12-6-9-23(10-7-12)18(24)15-11-25-17(22-15)16-13(19)3-2-4-14(16)20/h2-4,11-12,21H,5-10H2,1H3. The lowest BCUT2D eigenvalue weighted by atomic mass is 9.93. The number of thiazole rings is 1. The van der Waals surface area contributed by atoms with Gasteiger partial charge in [0.05, 0.1) is 5.56 Å². The molecule has 0 spiro atoms. The summed E-state index contributed by atoms with van der Waals surface area (Å²) in [6.07, 6.45) is 3.07. The van der Waals surface area contributed by atoms with Gasteiger partial charge in [0.15, 0.2) is 0 Å². The molecule has 2 aromatic rings. The van der Waals surface area contributed by atoms with Gasteiger partial charge in [0, 0.05) is 18.5 Å². The molecular weight excluding hydrogens is 344 g/mol. The first-order valence-electron chi connectivity index (χ1n) is 8.44. The normalized spacial score (nSPS) is 15.6. The lowest BCUT2D eigenvalue weighted by Crippen LogP contribution is -2.39. The number of aromatic nitrogens is 1. The quantitative estimate of drug-likeness (QED) is 0.881. The maximum Gasteiger partial charge on any atom is 0.273 e. The fourth-order valence-corrected chi connectivity index (χ4v) is 3.96. The highest BCUT2D eigenvalue weighted by Crippen LogP contribution is 2.30. The molecule has 1 amide bonds. The molecule has 2 heterocycles. The van der Waals surface area contributed by atoms with E-state index in [1.54, 1.807) is 10.3 Å². The molecule has 7 heteroatoms. The van der Waals surface area contributed by atoms with Crippen molar-refractivity contribution in [3.05, 3.63) is 40.9 Å². The largest absolute Gasteiger partial charge is 0.337 e. The number of likely N-dealkylation sites (tertiary alicyclic amines) is 1. The van der Waals surface area contributed by atoms with Crippen LogP contribution in [0.5, 0.6) is 0 Å². The maximum atomic E-state index is 13.9. The van der Waals surface area contributed by atoms with E-state index in [4.69, 9.17) is 0 Å². The molecule has 0 radical (unpaired) electrons. The minimum Gasteiger partial charge on any atom is -0.337 e. The van der Waals surface area contributed by atoms with Gasteiger partial charge < -0.3 is 10.2 Å². The molecule has 1 N–H and O–H groups in total. The van der Waals surface area contributed by atoms with Gasteiger partial charge in [-0.05, 0) is 50.9 Å². The van der Waals surface area contributed by atoms with Crippen LogP contribution < -0.4 is 5.32 Å². The topological polar surface area (TPSA) is 45.2 Å². The molecule has 1 aliphatic rings. The summed E-state index contributed by atoms with van der Waals surface area (Å²) in [7, 11) is 1.94. The zero-order valence-corrected chi connectivity index (χ0v) is 14.9. The van der Waals surface area contributed by atoms with Crippen molar-refractivity contribution in [2.45, 2.75) is 19.3 Å². The number of carbonyl (C=O) groups excluding carboxylic acids is 1. The van der Waals surface area contributed by atoms with Gasteiger partial charge in [0.1, 0.15) is 22.3 Å². The second kappa shape index (κ2) is 8.01. The van der Waals surface area contributed by atoms with Gasteiger partial charge in [-0.15, -0.1) is 11.3 Å². The second-order valence-electron chi connectivity index (χ2n) is 6.26. The first-order valence-corrected chi connectivity index (χ1v) is 9.32. The monoisotopic (exact) mass is 365 g/mol. The summed E-state index contributed by atoms with van der Waals surface area (Å²) in [6.45, 7) is 2.39. The number of benzene rings is 1. The van der Waals surface area contributed by atoms with Crippen LogP contribution in [0.4, 0.5) is 8.78 Å². The Morgan fingerprint density at radius 2 is 2.00 bits per heavy atom. The Bertz CT molecular complexity index is 721. The Labute approximate surface area is 149 Å². The van der Waals surface area contributed by atoms with Crippen LogP contribution in [0, 0.1) is 17.6 Å². The third kappa shape index (κ3) is 4.04. The van der Waals surface area contributed by atoms with Crippen LogP contribution in [0.2, 0.25) is 0 Å². The number of hydrogen-bond donors (Lipinski definition) is 1. The Kier molecular flexibility index (Phi) is 5.75. The van der Waals surface area contributed by atoms with Crippen molar-refractivity contribution in [2.75, 3.05) is 26.7 Å². The van der Waals surface area contributed by atoms with Crippen LogP contribution in [0.1, 0.15) is 29.8 Å². The highest BCUT2D eigenvalue weighted by molar-refractivity contribution is 7.13. The molecule has 0 atom stereocenters. The zero-order valence-electron chi connectivity index (χ0n) is 14.1. The minimum atomic E-state index is -0.668. The van der Waals surface area contributed by atoms with E-state index in [1.807, 2.05) is 7.05 Å². The maximum absolute atomic E-state index is 13.9. The van der Waals surface area contributed by atoms with Crippen LogP contribution in [0.3, 0.4) is 0 Å². The fourth-order valence-electron chi connectivity index (χ4n) is 3.12. The number of piperidine rings is 1. The number of nitrogens with zero attached hydrogens (tertiary/aromatic N) is 2. The van der Waals surface area contributed by atoms with E-state index in [1.165, 1.54) is 18.2 Å². The van der Waals surface area contributed by atoms with Crippen LogP contribution in [0.15, 0.2) is 23.6 Å². The molecule has 25 heavy (non-hydrogen) atoms. The lowest BCUT2D eigenvalue weighted by Gasteiger charge is -2.31. The summed E-state index contributed by atoms with van der Waals surface area (Å²) in [6, 6.07) is 3.69. The Morgan fingerprint density at radius 3 is 2.64 bits per heavy atom. The average molecular weight is 365 g/mol. The molecule has 1 fully saturated rings. The molecule has 1 aromatic carbocycles. The molecule has 1 saturated heterocycles. The van der Waals surface area contributed by atoms with E-state index in [2.05, 4.69) is 10.3 Å². The molecular formula is C18H21F2N3OS. The first-order chi connectivity index (χ1) is 12.1. The number of carbonyl (C=O) groups is 1. The third-order valence-corrected chi connectivity index (χ3v) is 5.46. The number of rotatable bonds is 5. The predicted molar refractivity (Wildman–Crippen MR) is 94.6 cm³/mol. The van der Waals surface area contributed by atoms with E-state index in [0.29, 0.717) is 19.0 Å². The summed E-state index contributed by atoms with van der Waals surface area (Å²) >= 11 is 1.09. The first kappa shape index (κ1) is 17.9. The van der Waals surface area contributed by atoms with E-state index in [9.17, 15) is 13.6 Å². The van der Waals surface area contributed by atoms with Crippen molar-refractivity contribution >= 4 is 17.2 Å². The lowest BCUT2D eigenvalue weighted by molar-refractivity contribution is 0.0682. The van der Waals surface area contributed by atoms with Crippen LogP contribution >= 0.6 is 11.3 Å². The molecule has 134 valence electrons. The molecule has 4 nitrogen and oxygen atoms in total. The Morgan fingerprint density at radius 1 is 1.32 bits per heavy atom. The van der Waals surface area contributed by atoms with Crippen molar-refractivity contribution in [2.24, 2.45) is 5.92 Å². The van der Waals surface area contributed by atoms with Crippen molar-refractivity contribution in [1.29, 1.82) is 0 Å². The number of nitrogens with one attached hydrogen (secondary N) is 1. The number of hydrogen-bond acceptors (Lipinski definition) is 4. The molecule has 1 aliphatic heterocycles. The fraction of sp³-hybridized carbons (Fsp3) is 0.444. The van der Waals surface area contributed by atoms with Gasteiger partial charge in [0.2, 0.25) is 0 Å². The molecule has 0 unspecified atom stereocenters. The molecule has 0 aliphatic carbocycles. The van der Waals surface area contributed by atoms with Crippen molar-refractivity contribution < 1.29 is 13.6 Å². The molecule has 0 saturated carbocycles. The van der Waals surface area contributed by atoms with Gasteiger partial charge in [0.25, 0.3) is 5.91 Å². The van der Waals surface area contributed by atoms with Gasteiger partial charge in [-0.2, -0.15) is 0 Å². The molecule has 1 aromatic heterocycles. The van der Waals surface area contributed by atoms with E-state index < -0.39 is 11.6 Å². The summed E-state index contributed by atoms with van der Waals surface area (Å²) in [5.74, 6) is -0.862. The van der Waals surface area contributed by atoms with E-state index in [-0.39, 0.29) is 22.2 Å². The summed E-state index contributed by atoms with van der Waals surface area (Å²) in [4.78, 5) is 18.6.